The van der Waals surface area contributed by atoms with E-state index in [0.29, 0.717) is 5.56 Å². The van der Waals surface area contributed by atoms with E-state index in [1.807, 2.05) is 13.8 Å². The Morgan fingerprint density at radius 3 is 2.44 bits per heavy atom. The standard InChI is InChI=1S/C28H35N3O8/c1-15(2)12-22-28(37)38-17(4)23(31-25(34)19-9-5-6-10-21(19)32)26(35)30-20(13-18-8-7-11-29-14-18)24(33)16(3)27(36)39-22/h5-11,14-17,20,22-24,32-33H,12-13H2,1-4H3,(H,30,35)(H,31,34). The minimum atomic E-state index is -1.41. The highest BCUT2D eigenvalue weighted by Gasteiger charge is 2.40. The molecule has 4 N–H and O–H groups in total. The highest BCUT2D eigenvalue weighted by molar-refractivity contribution is 5.99. The number of carbonyl (C=O) groups is 4. The first-order valence-electron chi connectivity index (χ1n) is 12.8. The Morgan fingerprint density at radius 1 is 1.08 bits per heavy atom. The summed E-state index contributed by atoms with van der Waals surface area (Å²) in [4.78, 5) is 56.6. The first-order valence-corrected chi connectivity index (χ1v) is 12.8. The zero-order chi connectivity index (χ0) is 28.7. The number of nitrogens with zero attached hydrogens (tertiary/aromatic N) is 1. The van der Waals surface area contributed by atoms with Gasteiger partial charge in [0, 0.05) is 12.4 Å². The number of aliphatic hydroxyl groups excluding tert-OH is 1. The molecule has 1 aliphatic rings. The third-order valence-corrected chi connectivity index (χ3v) is 6.50. The largest absolute Gasteiger partial charge is 0.507 e. The molecule has 1 aromatic carbocycles. The fourth-order valence-electron chi connectivity index (χ4n) is 4.27. The highest BCUT2D eigenvalue weighted by Crippen LogP contribution is 2.21. The Morgan fingerprint density at radius 2 is 1.79 bits per heavy atom. The number of ether oxygens (including phenoxy) is 2. The van der Waals surface area contributed by atoms with E-state index in [-0.39, 0.29) is 30.1 Å². The van der Waals surface area contributed by atoms with Gasteiger partial charge in [-0.2, -0.15) is 0 Å². The number of carbonyl (C=O) groups excluding carboxylic acids is 4. The van der Waals surface area contributed by atoms with Crippen molar-refractivity contribution < 1.29 is 38.9 Å². The number of aromatic hydroxyl groups is 1. The molecule has 1 aliphatic heterocycles. The number of phenols is 1. The minimum absolute atomic E-state index is 0.0445. The van der Waals surface area contributed by atoms with Crippen LogP contribution in [0.1, 0.15) is 50.0 Å². The van der Waals surface area contributed by atoms with Gasteiger partial charge >= 0.3 is 11.9 Å². The van der Waals surface area contributed by atoms with Crippen molar-refractivity contribution in [3.63, 3.8) is 0 Å². The molecule has 0 saturated carbocycles. The van der Waals surface area contributed by atoms with Crippen molar-refractivity contribution in [1.29, 1.82) is 0 Å². The molecular formula is C28H35N3O8. The summed E-state index contributed by atoms with van der Waals surface area (Å²) in [5.74, 6) is -4.67. The lowest BCUT2D eigenvalue weighted by atomic mass is 9.92. The smallest absolute Gasteiger partial charge is 0.347 e. The van der Waals surface area contributed by atoms with Crippen molar-refractivity contribution in [2.75, 3.05) is 0 Å². The van der Waals surface area contributed by atoms with Gasteiger partial charge in [-0.05, 0) is 56.4 Å². The zero-order valence-electron chi connectivity index (χ0n) is 22.4. The van der Waals surface area contributed by atoms with E-state index in [1.54, 1.807) is 36.7 Å². The van der Waals surface area contributed by atoms with Crippen LogP contribution < -0.4 is 10.6 Å². The molecule has 11 heteroatoms. The molecule has 2 aromatic rings. The third-order valence-electron chi connectivity index (χ3n) is 6.50. The molecule has 2 heterocycles. The van der Waals surface area contributed by atoms with Crippen LogP contribution in [-0.4, -0.2) is 69.3 Å². The van der Waals surface area contributed by atoms with Crippen LogP contribution in [0.15, 0.2) is 48.8 Å². The number of hydrogen-bond acceptors (Lipinski definition) is 9. The number of hydrogen-bond donors (Lipinski definition) is 4. The van der Waals surface area contributed by atoms with Crippen molar-refractivity contribution in [2.45, 2.75) is 70.9 Å². The number of amides is 2. The first-order chi connectivity index (χ1) is 18.5. The predicted molar refractivity (Wildman–Crippen MR) is 139 cm³/mol. The van der Waals surface area contributed by atoms with Crippen LogP contribution in [0.3, 0.4) is 0 Å². The molecule has 0 bridgehead atoms. The van der Waals surface area contributed by atoms with Gasteiger partial charge < -0.3 is 30.3 Å². The molecule has 2 amide bonds. The van der Waals surface area contributed by atoms with Crippen LogP contribution in [0, 0.1) is 11.8 Å². The summed E-state index contributed by atoms with van der Waals surface area (Å²) in [6, 6.07) is 6.85. The maximum atomic E-state index is 13.6. The number of benzene rings is 1. The molecule has 0 spiro atoms. The van der Waals surface area contributed by atoms with Crippen LogP contribution >= 0.6 is 0 Å². The van der Waals surface area contributed by atoms with E-state index in [2.05, 4.69) is 15.6 Å². The van der Waals surface area contributed by atoms with E-state index in [0.717, 1.165) is 0 Å². The van der Waals surface area contributed by atoms with E-state index in [9.17, 15) is 29.4 Å². The molecule has 1 aromatic heterocycles. The van der Waals surface area contributed by atoms with Gasteiger partial charge in [-0.15, -0.1) is 0 Å². The molecule has 39 heavy (non-hydrogen) atoms. The average Bonchev–Trinajstić information content (AvgIpc) is 2.89. The molecule has 0 radical (unpaired) electrons. The Balaban J connectivity index is 1.99. The number of phenolic OH excluding ortho intramolecular Hbond substituents is 1. The monoisotopic (exact) mass is 541 g/mol. The van der Waals surface area contributed by atoms with E-state index in [4.69, 9.17) is 9.47 Å². The van der Waals surface area contributed by atoms with Crippen molar-refractivity contribution in [3.05, 3.63) is 59.9 Å². The van der Waals surface area contributed by atoms with Crippen molar-refractivity contribution in [1.82, 2.24) is 15.6 Å². The van der Waals surface area contributed by atoms with Gasteiger partial charge in [-0.3, -0.25) is 19.4 Å². The number of aliphatic hydroxyl groups is 1. The lowest BCUT2D eigenvalue weighted by Gasteiger charge is -2.33. The zero-order valence-corrected chi connectivity index (χ0v) is 22.4. The average molecular weight is 542 g/mol. The molecule has 6 atom stereocenters. The fourth-order valence-corrected chi connectivity index (χ4v) is 4.27. The van der Waals surface area contributed by atoms with Gasteiger partial charge in [-0.25, -0.2) is 4.79 Å². The van der Waals surface area contributed by atoms with Gasteiger partial charge in [0.05, 0.1) is 23.6 Å². The summed E-state index contributed by atoms with van der Waals surface area (Å²) in [5.41, 5.74) is 0.601. The molecule has 11 nitrogen and oxygen atoms in total. The van der Waals surface area contributed by atoms with Crippen molar-refractivity contribution in [2.24, 2.45) is 11.8 Å². The Hall–Kier alpha value is -3.99. The van der Waals surface area contributed by atoms with Crippen LogP contribution in [0.5, 0.6) is 5.75 Å². The van der Waals surface area contributed by atoms with E-state index in [1.165, 1.54) is 26.0 Å². The summed E-state index contributed by atoms with van der Waals surface area (Å²) in [7, 11) is 0. The Bertz CT molecular complexity index is 1170. The van der Waals surface area contributed by atoms with Gasteiger partial charge in [0.15, 0.2) is 6.10 Å². The second kappa shape index (κ2) is 13.2. The summed E-state index contributed by atoms with van der Waals surface area (Å²) in [6.07, 6.45) is -0.464. The molecule has 1 fully saturated rings. The molecule has 1 saturated heterocycles. The molecule has 210 valence electrons. The van der Waals surface area contributed by atoms with Gasteiger partial charge in [0.2, 0.25) is 5.91 Å². The first kappa shape index (κ1) is 29.6. The van der Waals surface area contributed by atoms with Crippen LogP contribution in [0.2, 0.25) is 0 Å². The van der Waals surface area contributed by atoms with E-state index >= 15 is 0 Å². The Kier molecular flexibility index (Phi) is 10.00. The fraction of sp³-hybridized carbons (Fsp3) is 0.464. The summed E-state index contributed by atoms with van der Waals surface area (Å²) in [5, 5.41) is 26.5. The summed E-state index contributed by atoms with van der Waals surface area (Å²) in [6.45, 7) is 6.54. The highest BCUT2D eigenvalue weighted by atomic mass is 16.6. The SMILES string of the molecule is CC(C)CC1OC(=O)C(C)C(O)C(Cc2cccnc2)NC(=O)C(NC(=O)c2ccccc2O)C(C)OC1=O. The number of para-hydroxylation sites is 1. The second-order valence-corrected chi connectivity index (χ2v) is 10.1. The summed E-state index contributed by atoms with van der Waals surface area (Å²) < 4.78 is 11.0. The number of pyridine rings is 1. The number of esters is 2. The van der Waals surface area contributed by atoms with E-state index < -0.39 is 60.1 Å². The van der Waals surface area contributed by atoms with Gasteiger partial charge in [0.25, 0.3) is 5.91 Å². The minimum Gasteiger partial charge on any atom is -0.507 e. The summed E-state index contributed by atoms with van der Waals surface area (Å²) >= 11 is 0. The van der Waals surface area contributed by atoms with Crippen LogP contribution in [0.25, 0.3) is 0 Å². The van der Waals surface area contributed by atoms with Crippen molar-refractivity contribution in [3.8, 4) is 5.75 Å². The third kappa shape index (κ3) is 7.76. The number of nitrogens with one attached hydrogen (secondary N) is 2. The predicted octanol–water partition coefficient (Wildman–Crippen LogP) is 1.51. The normalized spacial score (nSPS) is 26.5. The lowest BCUT2D eigenvalue weighted by Crippen LogP contribution is -2.59. The molecule has 0 aliphatic carbocycles. The lowest BCUT2D eigenvalue weighted by molar-refractivity contribution is -0.178. The number of aromatic nitrogens is 1. The topological polar surface area (TPSA) is 164 Å². The molecule has 3 rings (SSSR count). The molecular weight excluding hydrogens is 506 g/mol. The van der Waals surface area contributed by atoms with Gasteiger partial charge in [0.1, 0.15) is 17.9 Å². The van der Waals surface area contributed by atoms with Crippen molar-refractivity contribution >= 4 is 23.8 Å². The Labute approximate surface area is 226 Å². The van der Waals surface area contributed by atoms with Gasteiger partial charge in [-0.1, -0.05) is 32.0 Å². The number of rotatable bonds is 6. The number of cyclic esters (lactones) is 2. The van der Waals surface area contributed by atoms with Crippen LogP contribution in [0.4, 0.5) is 0 Å². The maximum Gasteiger partial charge on any atom is 0.347 e. The maximum absolute atomic E-state index is 13.6. The molecule has 6 unspecified atom stereocenters. The van der Waals surface area contributed by atoms with Crippen LogP contribution in [-0.2, 0) is 30.3 Å². The second-order valence-electron chi connectivity index (χ2n) is 10.1. The quantitative estimate of drug-likeness (QED) is 0.397.